The molecule has 0 radical (unpaired) electrons. The van der Waals surface area contributed by atoms with Crippen LogP contribution in [0.25, 0.3) is 0 Å². The number of benzene rings is 1. The highest BCUT2D eigenvalue weighted by Gasteiger charge is 2.17. The number of thioether (sulfide) groups is 1. The van der Waals surface area contributed by atoms with Crippen LogP contribution in [0, 0.1) is 0 Å². The van der Waals surface area contributed by atoms with Gasteiger partial charge in [0.2, 0.25) is 5.91 Å². The predicted molar refractivity (Wildman–Crippen MR) is 94.6 cm³/mol. The molecule has 0 heterocycles. The fourth-order valence-electron chi connectivity index (χ4n) is 2.01. The second-order valence-electron chi connectivity index (χ2n) is 4.83. The average molecular weight is 350 g/mol. The van der Waals surface area contributed by atoms with Crippen LogP contribution in [0.5, 0.6) is 0 Å². The first kappa shape index (κ1) is 18.4. The molecule has 1 unspecified atom stereocenters. The molecule has 1 aromatic carbocycles. The zero-order valence-electron chi connectivity index (χ0n) is 12.5. The molecule has 0 aliphatic carbocycles. The van der Waals surface area contributed by atoms with E-state index in [2.05, 4.69) is 18.5 Å². The lowest BCUT2D eigenvalue weighted by atomic mass is 10.2. The molecule has 0 fully saturated rings. The second kappa shape index (κ2) is 8.73. The van der Waals surface area contributed by atoms with Gasteiger partial charge in [-0.3, -0.25) is 9.69 Å². The van der Waals surface area contributed by atoms with Gasteiger partial charge in [0, 0.05) is 16.8 Å². The van der Waals surface area contributed by atoms with Gasteiger partial charge in [-0.2, -0.15) is 11.8 Å². The third-order valence-corrected chi connectivity index (χ3v) is 4.43. The number of rotatable bonds is 7. The van der Waals surface area contributed by atoms with E-state index in [4.69, 9.17) is 28.9 Å². The van der Waals surface area contributed by atoms with E-state index in [1.165, 1.54) is 0 Å². The van der Waals surface area contributed by atoms with Crippen molar-refractivity contribution in [1.29, 1.82) is 0 Å². The number of anilines is 2. The summed E-state index contributed by atoms with van der Waals surface area (Å²) in [7, 11) is 1.94. The third kappa shape index (κ3) is 5.58. The van der Waals surface area contributed by atoms with Gasteiger partial charge in [0.15, 0.2) is 0 Å². The quantitative estimate of drug-likeness (QED) is 0.738. The molecule has 0 aliphatic rings. The van der Waals surface area contributed by atoms with Gasteiger partial charge in [0.05, 0.1) is 22.9 Å². The van der Waals surface area contributed by atoms with Gasteiger partial charge in [-0.25, -0.2) is 0 Å². The molecular formula is C14H21Cl2N3OS. The largest absolute Gasteiger partial charge is 0.397 e. The molecule has 0 saturated heterocycles. The van der Waals surface area contributed by atoms with E-state index in [1.807, 2.05) is 11.9 Å². The van der Waals surface area contributed by atoms with Crippen molar-refractivity contribution in [2.24, 2.45) is 0 Å². The van der Waals surface area contributed by atoms with Crippen LogP contribution in [-0.2, 0) is 4.79 Å². The zero-order chi connectivity index (χ0) is 16.0. The standard InChI is InChI=1S/C14H21Cl2N3OS/c1-4-10(8-21-3)19(2)7-13(20)18-14-11(16)5-9(15)6-12(14)17/h5-6,10H,4,7-8,17H2,1-3H3,(H,18,20). The molecule has 3 N–H and O–H groups in total. The minimum atomic E-state index is -0.145. The highest BCUT2D eigenvalue weighted by molar-refractivity contribution is 7.98. The van der Waals surface area contributed by atoms with Gasteiger partial charge in [-0.1, -0.05) is 30.1 Å². The maximum atomic E-state index is 12.1. The van der Waals surface area contributed by atoms with E-state index in [0.717, 1.165) is 12.2 Å². The molecule has 0 bridgehead atoms. The van der Waals surface area contributed by atoms with E-state index in [0.29, 0.717) is 27.5 Å². The number of amides is 1. The molecule has 118 valence electrons. The monoisotopic (exact) mass is 349 g/mol. The molecule has 1 amide bonds. The van der Waals surface area contributed by atoms with E-state index >= 15 is 0 Å². The van der Waals surface area contributed by atoms with Crippen LogP contribution < -0.4 is 11.1 Å². The summed E-state index contributed by atoms with van der Waals surface area (Å²) in [5.74, 6) is 0.845. The molecule has 0 aromatic heterocycles. The number of hydrogen-bond acceptors (Lipinski definition) is 4. The van der Waals surface area contributed by atoms with Crippen molar-refractivity contribution in [3.63, 3.8) is 0 Å². The number of carbonyl (C=O) groups is 1. The summed E-state index contributed by atoms with van der Waals surface area (Å²) in [5, 5.41) is 3.54. The Morgan fingerprint density at radius 1 is 1.48 bits per heavy atom. The molecule has 0 aliphatic heterocycles. The van der Waals surface area contributed by atoms with Crippen molar-refractivity contribution in [2.75, 3.05) is 36.7 Å². The minimum Gasteiger partial charge on any atom is -0.397 e. The number of nitrogens with one attached hydrogen (secondary N) is 1. The Kier molecular flexibility index (Phi) is 7.66. The van der Waals surface area contributed by atoms with Crippen molar-refractivity contribution in [1.82, 2.24) is 4.90 Å². The Morgan fingerprint density at radius 3 is 2.67 bits per heavy atom. The van der Waals surface area contributed by atoms with Gasteiger partial charge in [-0.15, -0.1) is 0 Å². The average Bonchev–Trinajstić information content (AvgIpc) is 2.39. The van der Waals surface area contributed by atoms with Crippen LogP contribution in [0.1, 0.15) is 13.3 Å². The molecule has 0 spiro atoms. The van der Waals surface area contributed by atoms with E-state index < -0.39 is 0 Å². The first-order chi connectivity index (χ1) is 9.88. The Labute approximate surface area is 140 Å². The number of likely N-dealkylation sites (N-methyl/N-ethyl adjacent to an activating group) is 1. The van der Waals surface area contributed by atoms with Crippen LogP contribution >= 0.6 is 35.0 Å². The van der Waals surface area contributed by atoms with Gasteiger partial charge in [0.25, 0.3) is 0 Å². The Morgan fingerprint density at radius 2 is 2.14 bits per heavy atom. The summed E-state index contributed by atoms with van der Waals surface area (Å²) in [5.41, 5.74) is 6.61. The highest BCUT2D eigenvalue weighted by atomic mass is 35.5. The molecule has 1 rings (SSSR count). The first-order valence-corrected chi connectivity index (χ1v) is 8.77. The highest BCUT2D eigenvalue weighted by Crippen LogP contribution is 2.31. The molecule has 1 atom stereocenters. The van der Waals surface area contributed by atoms with E-state index in [9.17, 15) is 4.79 Å². The summed E-state index contributed by atoms with van der Waals surface area (Å²) < 4.78 is 0. The van der Waals surface area contributed by atoms with Crippen LogP contribution in [0.2, 0.25) is 10.0 Å². The maximum absolute atomic E-state index is 12.1. The van der Waals surface area contributed by atoms with Crippen molar-refractivity contribution in [3.8, 4) is 0 Å². The van der Waals surface area contributed by atoms with Crippen molar-refractivity contribution >= 4 is 52.2 Å². The lowest BCUT2D eigenvalue weighted by Crippen LogP contribution is -2.39. The fourth-order valence-corrected chi connectivity index (χ4v) is 3.44. The van der Waals surface area contributed by atoms with Crippen LogP contribution in [0.4, 0.5) is 11.4 Å². The van der Waals surface area contributed by atoms with Gasteiger partial charge in [0.1, 0.15) is 0 Å². The summed E-state index contributed by atoms with van der Waals surface area (Å²) >= 11 is 13.7. The minimum absolute atomic E-state index is 0.145. The van der Waals surface area contributed by atoms with E-state index in [1.54, 1.807) is 23.9 Å². The number of nitrogens with zero attached hydrogens (tertiary/aromatic N) is 1. The van der Waals surface area contributed by atoms with Crippen molar-refractivity contribution in [2.45, 2.75) is 19.4 Å². The molecule has 0 saturated carbocycles. The molecular weight excluding hydrogens is 329 g/mol. The molecule has 1 aromatic rings. The fraction of sp³-hybridized carbons (Fsp3) is 0.500. The lowest BCUT2D eigenvalue weighted by Gasteiger charge is -2.26. The number of halogens is 2. The topological polar surface area (TPSA) is 58.4 Å². The summed E-state index contributed by atoms with van der Waals surface area (Å²) in [6.07, 6.45) is 3.05. The van der Waals surface area contributed by atoms with Gasteiger partial charge < -0.3 is 11.1 Å². The first-order valence-electron chi connectivity index (χ1n) is 6.62. The smallest absolute Gasteiger partial charge is 0.238 e. The van der Waals surface area contributed by atoms with Crippen LogP contribution in [0.15, 0.2) is 12.1 Å². The zero-order valence-corrected chi connectivity index (χ0v) is 14.8. The maximum Gasteiger partial charge on any atom is 0.238 e. The molecule has 21 heavy (non-hydrogen) atoms. The van der Waals surface area contributed by atoms with Crippen molar-refractivity contribution < 1.29 is 4.79 Å². The lowest BCUT2D eigenvalue weighted by molar-refractivity contribution is -0.117. The van der Waals surface area contributed by atoms with Gasteiger partial charge >= 0.3 is 0 Å². The molecule has 7 heteroatoms. The Hall–Kier alpha value is -0.620. The number of carbonyl (C=O) groups excluding carboxylic acids is 1. The van der Waals surface area contributed by atoms with Crippen LogP contribution in [-0.4, -0.2) is 42.4 Å². The second-order valence-corrected chi connectivity index (χ2v) is 6.59. The Balaban J connectivity index is 2.70. The molecule has 4 nitrogen and oxygen atoms in total. The van der Waals surface area contributed by atoms with Gasteiger partial charge in [-0.05, 0) is 31.9 Å². The predicted octanol–water partition coefficient (Wildman–Crippen LogP) is 3.59. The number of nitrogen functional groups attached to an aromatic ring is 1. The van der Waals surface area contributed by atoms with E-state index in [-0.39, 0.29) is 12.5 Å². The number of nitrogens with two attached hydrogens (primary N) is 1. The summed E-state index contributed by atoms with van der Waals surface area (Å²) in [4.78, 5) is 14.2. The summed E-state index contributed by atoms with van der Waals surface area (Å²) in [6.45, 7) is 2.40. The summed E-state index contributed by atoms with van der Waals surface area (Å²) in [6, 6.07) is 3.49. The third-order valence-electron chi connectivity index (χ3n) is 3.20. The Bertz CT molecular complexity index is 476. The van der Waals surface area contributed by atoms with Crippen molar-refractivity contribution in [3.05, 3.63) is 22.2 Å². The SMILES string of the molecule is CCC(CSC)N(C)CC(=O)Nc1c(N)cc(Cl)cc1Cl. The van der Waals surface area contributed by atoms with Crippen LogP contribution in [0.3, 0.4) is 0 Å². The number of hydrogen-bond donors (Lipinski definition) is 2. The normalized spacial score (nSPS) is 12.5.